The first-order valence-electron chi connectivity index (χ1n) is 8.84. The van der Waals surface area contributed by atoms with Gasteiger partial charge in [-0.25, -0.2) is 13.1 Å². The first-order chi connectivity index (χ1) is 12.8. The summed E-state index contributed by atoms with van der Waals surface area (Å²) in [5.41, 5.74) is 1.27. The van der Waals surface area contributed by atoms with E-state index >= 15 is 0 Å². The van der Waals surface area contributed by atoms with Crippen molar-refractivity contribution < 1.29 is 13.2 Å². The Morgan fingerprint density at radius 2 is 2.04 bits per heavy atom. The SMILES string of the molecule is CN(CC(=O)Nc1ccnn1[C@H]1CCN(Cc2ccccc2)C1)S(C)(=O)=O. The van der Waals surface area contributed by atoms with Crippen molar-refractivity contribution in [2.45, 2.75) is 19.0 Å². The molecule has 1 saturated heterocycles. The predicted molar refractivity (Wildman–Crippen MR) is 104 cm³/mol. The molecule has 1 atom stereocenters. The summed E-state index contributed by atoms with van der Waals surface area (Å²) in [5.74, 6) is 0.206. The van der Waals surface area contributed by atoms with Crippen molar-refractivity contribution in [3.63, 3.8) is 0 Å². The van der Waals surface area contributed by atoms with E-state index in [1.54, 1.807) is 12.3 Å². The van der Waals surface area contributed by atoms with E-state index in [4.69, 9.17) is 0 Å². The standard InChI is InChI=1S/C18H25N5O3S/c1-21(27(2,25)26)14-18(24)20-17-8-10-19-23(17)16-9-11-22(13-16)12-15-6-4-3-5-7-15/h3-8,10,16H,9,11-14H2,1-2H3,(H,20,24)/t16-/m0/s1. The second-order valence-electron chi connectivity index (χ2n) is 6.89. The van der Waals surface area contributed by atoms with Crippen LogP contribution in [0.2, 0.25) is 0 Å². The molecular weight excluding hydrogens is 366 g/mol. The molecule has 8 nitrogen and oxygen atoms in total. The molecule has 9 heteroatoms. The molecule has 1 aliphatic heterocycles. The van der Waals surface area contributed by atoms with E-state index in [9.17, 15) is 13.2 Å². The number of anilines is 1. The second-order valence-corrected chi connectivity index (χ2v) is 8.98. The molecule has 3 rings (SSSR count). The van der Waals surface area contributed by atoms with Gasteiger partial charge in [-0.3, -0.25) is 9.69 Å². The van der Waals surface area contributed by atoms with Gasteiger partial charge >= 0.3 is 0 Å². The van der Waals surface area contributed by atoms with Gasteiger partial charge in [0.25, 0.3) is 0 Å². The van der Waals surface area contributed by atoms with Gasteiger partial charge in [0.05, 0.1) is 25.0 Å². The minimum atomic E-state index is -3.40. The zero-order chi connectivity index (χ0) is 19.4. The van der Waals surface area contributed by atoms with Crippen LogP contribution in [0.3, 0.4) is 0 Å². The highest BCUT2D eigenvalue weighted by Gasteiger charge is 2.26. The summed E-state index contributed by atoms with van der Waals surface area (Å²) in [6.07, 6.45) is 3.67. The van der Waals surface area contributed by atoms with Gasteiger partial charge in [-0.1, -0.05) is 30.3 Å². The molecule has 146 valence electrons. The number of likely N-dealkylation sites (N-methyl/N-ethyl adjacent to an activating group) is 1. The summed E-state index contributed by atoms with van der Waals surface area (Å²) in [7, 11) is -2.02. The lowest BCUT2D eigenvalue weighted by atomic mass is 10.2. The number of rotatable bonds is 7. The molecule has 1 amide bonds. The molecule has 0 bridgehead atoms. The van der Waals surface area contributed by atoms with Crippen LogP contribution < -0.4 is 5.32 Å². The fraction of sp³-hybridized carbons (Fsp3) is 0.444. The molecule has 0 unspecified atom stereocenters. The van der Waals surface area contributed by atoms with Gasteiger partial charge in [-0.15, -0.1) is 0 Å². The quantitative estimate of drug-likeness (QED) is 0.765. The zero-order valence-corrected chi connectivity index (χ0v) is 16.4. The molecule has 1 aromatic heterocycles. The predicted octanol–water partition coefficient (Wildman–Crippen LogP) is 1.16. The molecule has 0 saturated carbocycles. The number of nitrogens with one attached hydrogen (secondary N) is 1. The molecule has 0 aliphatic carbocycles. The number of hydrogen-bond acceptors (Lipinski definition) is 5. The summed E-state index contributed by atoms with van der Waals surface area (Å²) in [6.45, 7) is 2.47. The minimum absolute atomic E-state index is 0.173. The monoisotopic (exact) mass is 391 g/mol. The third-order valence-electron chi connectivity index (χ3n) is 4.71. The van der Waals surface area contributed by atoms with Crippen LogP contribution in [0.5, 0.6) is 0 Å². The number of hydrogen-bond donors (Lipinski definition) is 1. The number of benzene rings is 1. The molecule has 27 heavy (non-hydrogen) atoms. The topological polar surface area (TPSA) is 87.5 Å². The number of amides is 1. The Hall–Kier alpha value is -2.23. The first kappa shape index (κ1) is 19.5. The van der Waals surface area contributed by atoms with Crippen LogP contribution in [-0.4, -0.2) is 66.2 Å². The van der Waals surface area contributed by atoms with Crippen molar-refractivity contribution in [1.82, 2.24) is 19.0 Å². The van der Waals surface area contributed by atoms with E-state index in [-0.39, 0.29) is 18.5 Å². The normalized spacial score (nSPS) is 18.1. The Kier molecular flexibility index (Phi) is 5.93. The molecular formula is C18H25N5O3S. The molecule has 1 N–H and O–H groups in total. The van der Waals surface area contributed by atoms with E-state index in [0.29, 0.717) is 5.82 Å². The first-order valence-corrected chi connectivity index (χ1v) is 10.7. The maximum Gasteiger partial charge on any atom is 0.240 e. The summed E-state index contributed by atoms with van der Waals surface area (Å²) in [4.78, 5) is 14.5. The van der Waals surface area contributed by atoms with Gasteiger partial charge < -0.3 is 5.32 Å². The Morgan fingerprint density at radius 1 is 1.30 bits per heavy atom. The maximum atomic E-state index is 12.2. The van der Waals surface area contributed by atoms with Crippen LogP contribution in [0.25, 0.3) is 0 Å². The molecule has 1 aromatic carbocycles. The highest BCUT2D eigenvalue weighted by molar-refractivity contribution is 7.88. The van der Waals surface area contributed by atoms with Crippen LogP contribution in [0.1, 0.15) is 18.0 Å². The van der Waals surface area contributed by atoms with Crippen molar-refractivity contribution in [2.75, 3.05) is 38.3 Å². The van der Waals surface area contributed by atoms with Crippen molar-refractivity contribution in [1.29, 1.82) is 0 Å². The van der Waals surface area contributed by atoms with Crippen molar-refractivity contribution in [2.24, 2.45) is 0 Å². The molecule has 1 aliphatic rings. The summed E-state index contributed by atoms with van der Waals surface area (Å²) in [5, 5.41) is 7.14. The van der Waals surface area contributed by atoms with E-state index in [1.165, 1.54) is 12.6 Å². The average Bonchev–Trinajstić information content (AvgIpc) is 3.24. The van der Waals surface area contributed by atoms with Crippen molar-refractivity contribution >= 4 is 21.7 Å². The van der Waals surface area contributed by atoms with Gasteiger partial charge in [0.2, 0.25) is 15.9 Å². The second kappa shape index (κ2) is 8.20. The number of nitrogens with zero attached hydrogens (tertiary/aromatic N) is 4. The molecule has 2 heterocycles. The number of carbonyl (C=O) groups excluding carboxylic acids is 1. The highest BCUT2D eigenvalue weighted by Crippen LogP contribution is 2.25. The van der Waals surface area contributed by atoms with Gasteiger partial charge in [-0.2, -0.15) is 9.40 Å². The number of likely N-dealkylation sites (tertiary alicyclic amines) is 1. The largest absolute Gasteiger partial charge is 0.310 e. The van der Waals surface area contributed by atoms with Gasteiger partial charge in [0.15, 0.2) is 0 Å². The van der Waals surface area contributed by atoms with E-state index < -0.39 is 10.0 Å². The van der Waals surface area contributed by atoms with Crippen LogP contribution in [0.15, 0.2) is 42.6 Å². The van der Waals surface area contributed by atoms with E-state index in [1.807, 2.05) is 22.9 Å². The molecule has 2 aromatic rings. The summed E-state index contributed by atoms with van der Waals surface area (Å²) in [6, 6.07) is 12.2. The Morgan fingerprint density at radius 3 is 2.74 bits per heavy atom. The summed E-state index contributed by atoms with van der Waals surface area (Å²) < 4.78 is 25.7. The Bertz CT molecular complexity index is 881. The van der Waals surface area contributed by atoms with Gasteiger partial charge in [0, 0.05) is 32.7 Å². The lowest BCUT2D eigenvalue weighted by Crippen LogP contribution is -2.34. The van der Waals surface area contributed by atoms with Crippen LogP contribution in [0, 0.1) is 0 Å². The van der Waals surface area contributed by atoms with Crippen molar-refractivity contribution in [3.8, 4) is 0 Å². The summed E-state index contributed by atoms with van der Waals surface area (Å²) >= 11 is 0. The molecule has 0 radical (unpaired) electrons. The fourth-order valence-electron chi connectivity index (χ4n) is 3.20. The van der Waals surface area contributed by atoms with Crippen LogP contribution in [-0.2, 0) is 21.4 Å². The molecule has 0 spiro atoms. The van der Waals surface area contributed by atoms with Crippen LogP contribution in [0.4, 0.5) is 5.82 Å². The lowest BCUT2D eigenvalue weighted by molar-refractivity contribution is -0.116. The van der Waals surface area contributed by atoms with Gasteiger partial charge in [0.1, 0.15) is 5.82 Å². The number of carbonyl (C=O) groups is 1. The van der Waals surface area contributed by atoms with Gasteiger partial charge in [-0.05, 0) is 12.0 Å². The number of sulfonamides is 1. The smallest absolute Gasteiger partial charge is 0.240 e. The molecule has 1 fully saturated rings. The van der Waals surface area contributed by atoms with Crippen LogP contribution >= 0.6 is 0 Å². The maximum absolute atomic E-state index is 12.2. The zero-order valence-electron chi connectivity index (χ0n) is 15.6. The minimum Gasteiger partial charge on any atom is -0.310 e. The third-order valence-corrected chi connectivity index (χ3v) is 5.97. The van der Waals surface area contributed by atoms with E-state index in [2.05, 4.69) is 27.4 Å². The third kappa shape index (κ3) is 5.15. The Labute approximate surface area is 159 Å². The van der Waals surface area contributed by atoms with E-state index in [0.717, 1.165) is 36.6 Å². The Balaban J connectivity index is 1.59. The van der Waals surface area contributed by atoms with Crippen molar-refractivity contribution in [3.05, 3.63) is 48.2 Å². The fourth-order valence-corrected chi connectivity index (χ4v) is 3.55. The lowest BCUT2D eigenvalue weighted by Gasteiger charge is -2.18. The average molecular weight is 391 g/mol. The highest BCUT2D eigenvalue weighted by atomic mass is 32.2. The number of aromatic nitrogens is 2.